The van der Waals surface area contributed by atoms with Crippen molar-refractivity contribution in [1.82, 2.24) is 9.88 Å². The third kappa shape index (κ3) is 4.52. The Morgan fingerprint density at radius 1 is 1.03 bits per heavy atom. The van der Waals surface area contributed by atoms with Crippen LogP contribution >= 0.6 is 0 Å². The fraction of sp³-hybridized carbons (Fsp3) is 0.515. The number of methoxy groups -OCH3 is 1. The van der Waals surface area contributed by atoms with Gasteiger partial charge in [0, 0.05) is 34.7 Å². The lowest BCUT2D eigenvalue weighted by molar-refractivity contribution is -0.149. The number of nitrogens with one attached hydrogen (secondary N) is 2. The van der Waals surface area contributed by atoms with Crippen molar-refractivity contribution in [2.75, 3.05) is 12.4 Å². The Kier molecular flexibility index (Phi) is 6.47. The predicted octanol–water partition coefficient (Wildman–Crippen LogP) is 6.95. The van der Waals surface area contributed by atoms with E-state index in [2.05, 4.69) is 60.2 Å². The Labute approximate surface area is 231 Å². The monoisotopic (exact) mass is 527 g/mol. The summed E-state index contributed by atoms with van der Waals surface area (Å²) >= 11 is 0. The molecule has 0 bridgehead atoms. The number of fused-ring (bicyclic) bond motifs is 1. The number of anilines is 1. The number of amides is 2. The molecular formula is C33H41N3O3. The first-order chi connectivity index (χ1) is 18.8. The number of carbonyl (C=O) groups excluding carboxylic acids is 2. The van der Waals surface area contributed by atoms with Crippen LogP contribution in [0.15, 0.2) is 48.5 Å². The second kappa shape index (κ2) is 9.72. The smallest absolute Gasteiger partial charge is 0.250 e. The lowest BCUT2D eigenvalue weighted by atomic mass is 9.78. The molecule has 6 nitrogen and oxygen atoms in total. The highest BCUT2D eigenvalue weighted by Gasteiger charge is 2.61. The maximum atomic E-state index is 14.3. The van der Waals surface area contributed by atoms with Crippen molar-refractivity contribution in [3.05, 3.63) is 59.8 Å². The second-order valence-electron chi connectivity index (χ2n) is 12.6. The molecule has 6 rings (SSSR count). The van der Waals surface area contributed by atoms with E-state index in [-0.39, 0.29) is 29.2 Å². The summed E-state index contributed by atoms with van der Waals surface area (Å²) in [5, 5.41) is 4.44. The third-order valence-electron chi connectivity index (χ3n) is 9.79. The van der Waals surface area contributed by atoms with Gasteiger partial charge in [-0.05, 0) is 85.8 Å². The van der Waals surface area contributed by atoms with E-state index in [4.69, 9.17) is 4.74 Å². The first kappa shape index (κ1) is 26.0. The SMILES string of the molecule is COc1ccc(NC(=O)C2(N(C(=O)C[C@H]3[C@@H](c4c(C)[nH]c5ccccc45)C3(C)C)C3CC3)CCCCC2)cc1. The molecule has 0 saturated heterocycles. The summed E-state index contributed by atoms with van der Waals surface area (Å²) in [6.45, 7) is 6.75. The summed E-state index contributed by atoms with van der Waals surface area (Å²) in [5.41, 5.74) is 3.72. The van der Waals surface area contributed by atoms with Crippen molar-refractivity contribution in [3.8, 4) is 5.75 Å². The second-order valence-corrected chi connectivity index (χ2v) is 12.6. The van der Waals surface area contributed by atoms with E-state index in [9.17, 15) is 9.59 Å². The highest BCUT2D eigenvalue weighted by molar-refractivity contribution is 6.01. The van der Waals surface area contributed by atoms with Gasteiger partial charge in [-0.15, -0.1) is 0 Å². The third-order valence-corrected chi connectivity index (χ3v) is 9.79. The molecule has 6 heteroatoms. The number of H-pyrrole nitrogens is 1. The Morgan fingerprint density at radius 2 is 1.72 bits per heavy atom. The van der Waals surface area contributed by atoms with Crippen LogP contribution in [0.25, 0.3) is 10.9 Å². The van der Waals surface area contributed by atoms with E-state index >= 15 is 0 Å². The average Bonchev–Trinajstić information content (AvgIpc) is 3.82. The van der Waals surface area contributed by atoms with Gasteiger partial charge in [0.05, 0.1) is 7.11 Å². The molecule has 1 aromatic heterocycles. The largest absolute Gasteiger partial charge is 0.497 e. The van der Waals surface area contributed by atoms with Crippen LogP contribution in [0, 0.1) is 18.3 Å². The molecule has 1 heterocycles. The number of ether oxygens (including phenoxy) is 1. The molecule has 2 aromatic carbocycles. The minimum Gasteiger partial charge on any atom is -0.497 e. The fourth-order valence-corrected chi connectivity index (χ4v) is 7.44. The highest BCUT2D eigenvalue weighted by Crippen LogP contribution is 2.67. The molecule has 3 aliphatic rings. The van der Waals surface area contributed by atoms with Gasteiger partial charge >= 0.3 is 0 Å². The standard InChI is InChI=1S/C33H41N3O3/c1-21-29(25-10-6-7-11-27(25)34-21)30-26(32(30,2)3)20-28(37)36(23-14-15-23)33(18-8-5-9-19-33)31(38)35-22-12-16-24(39-4)17-13-22/h6-7,10-13,16-17,23,26,30,34H,5,8-9,14-15,18-20H2,1-4H3,(H,35,38)/t26-,30-/m0/s1. The zero-order valence-corrected chi connectivity index (χ0v) is 23.7. The van der Waals surface area contributed by atoms with Gasteiger partial charge in [0.1, 0.15) is 11.3 Å². The summed E-state index contributed by atoms with van der Waals surface area (Å²) < 4.78 is 5.28. The van der Waals surface area contributed by atoms with Gasteiger partial charge in [0.25, 0.3) is 0 Å². The van der Waals surface area contributed by atoms with Crippen molar-refractivity contribution < 1.29 is 14.3 Å². The van der Waals surface area contributed by atoms with Crippen LogP contribution in [0.2, 0.25) is 0 Å². The van der Waals surface area contributed by atoms with Gasteiger partial charge in [-0.1, -0.05) is 51.3 Å². The van der Waals surface area contributed by atoms with Crippen molar-refractivity contribution in [1.29, 1.82) is 0 Å². The maximum absolute atomic E-state index is 14.3. The Bertz CT molecular complexity index is 1380. The summed E-state index contributed by atoms with van der Waals surface area (Å²) in [6.07, 6.45) is 6.99. The summed E-state index contributed by atoms with van der Waals surface area (Å²) in [4.78, 5) is 34.0. The number of para-hydroxylation sites is 1. The molecule has 2 atom stereocenters. The van der Waals surface area contributed by atoms with Crippen LogP contribution in [0.4, 0.5) is 5.69 Å². The van der Waals surface area contributed by atoms with Crippen molar-refractivity contribution in [2.45, 2.75) is 89.6 Å². The van der Waals surface area contributed by atoms with Crippen LogP contribution in [0.3, 0.4) is 0 Å². The summed E-state index contributed by atoms with van der Waals surface area (Å²) in [7, 11) is 1.63. The molecule has 3 fully saturated rings. The number of benzene rings is 2. The number of rotatable bonds is 8. The lowest BCUT2D eigenvalue weighted by Gasteiger charge is -2.45. The number of aryl methyl sites for hydroxylation is 1. The fourth-order valence-electron chi connectivity index (χ4n) is 7.44. The van der Waals surface area contributed by atoms with E-state index in [0.717, 1.165) is 61.9 Å². The van der Waals surface area contributed by atoms with Crippen LogP contribution in [0.5, 0.6) is 5.75 Å². The molecule has 2 N–H and O–H groups in total. The number of nitrogens with zero attached hydrogens (tertiary/aromatic N) is 1. The van der Waals surface area contributed by atoms with E-state index < -0.39 is 5.54 Å². The Morgan fingerprint density at radius 3 is 2.38 bits per heavy atom. The lowest BCUT2D eigenvalue weighted by Crippen LogP contribution is -2.61. The molecular weight excluding hydrogens is 486 g/mol. The molecule has 206 valence electrons. The summed E-state index contributed by atoms with van der Waals surface area (Å²) in [6, 6.07) is 16.1. The van der Waals surface area contributed by atoms with Crippen molar-refractivity contribution >= 4 is 28.4 Å². The minimum absolute atomic E-state index is 0.0334. The zero-order valence-electron chi connectivity index (χ0n) is 23.7. The van der Waals surface area contributed by atoms with Gasteiger partial charge in [-0.3, -0.25) is 9.59 Å². The Balaban J connectivity index is 1.27. The number of aromatic nitrogens is 1. The molecule has 0 aliphatic heterocycles. The number of aromatic amines is 1. The van der Waals surface area contributed by atoms with Crippen LogP contribution in [-0.2, 0) is 9.59 Å². The number of hydrogen-bond acceptors (Lipinski definition) is 3. The average molecular weight is 528 g/mol. The molecule has 0 radical (unpaired) electrons. The van der Waals surface area contributed by atoms with Gasteiger partial charge < -0.3 is 19.9 Å². The molecule has 0 unspecified atom stereocenters. The van der Waals surface area contributed by atoms with E-state index in [1.54, 1.807) is 7.11 Å². The number of carbonyl (C=O) groups is 2. The molecule has 0 spiro atoms. The van der Waals surface area contributed by atoms with Crippen molar-refractivity contribution in [2.24, 2.45) is 11.3 Å². The normalized spacial score (nSPS) is 23.3. The molecule has 3 aromatic rings. The first-order valence-corrected chi connectivity index (χ1v) is 14.6. The minimum atomic E-state index is -0.776. The topological polar surface area (TPSA) is 74.4 Å². The summed E-state index contributed by atoms with van der Waals surface area (Å²) in [5.74, 6) is 1.46. The van der Waals surface area contributed by atoms with E-state index in [1.165, 1.54) is 16.6 Å². The predicted molar refractivity (Wildman–Crippen MR) is 155 cm³/mol. The molecule has 39 heavy (non-hydrogen) atoms. The molecule has 3 saturated carbocycles. The first-order valence-electron chi connectivity index (χ1n) is 14.6. The maximum Gasteiger partial charge on any atom is 0.250 e. The van der Waals surface area contributed by atoms with Gasteiger partial charge in [0.2, 0.25) is 11.8 Å². The highest BCUT2D eigenvalue weighted by atomic mass is 16.5. The van der Waals surface area contributed by atoms with Crippen molar-refractivity contribution in [3.63, 3.8) is 0 Å². The molecule has 2 amide bonds. The van der Waals surface area contributed by atoms with Gasteiger partial charge in [0.15, 0.2) is 0 Å². The quantitative estimate of drug-likeness (QED) is 0.333. The van der Waals surface area contributed by atoms with E-state index in [0.29, 0.717) is 12.3 Å². The van der Waals surface area contributed by atoms with Crippen LogP contribution < -0.4 is 10.1 Å². The number of hydrogen-bond donors (Lipinski definition) is 2. The zero-order chi connectivity index (χ0) is 27.4. The van der Waals surface area contributed by atoms with Crippen LogP contribution in [-0.4, -0.2) is 40.4 Å². The Hall–Kier alpha value is -3.28. The van der Waals surface area contributed by atoms with E-state index in [1.807, 2.05) is 24.3 Å². The van der Waals surface area contributed by atoms with Crippen LogP contribution in [0.1, 0.15) is 82.4 Å². The molecule has 3 aliphatic carbocycles. The van der Waals surface area contributed by atoms with Gasteiger partial charge in [-0.2, -0.15) is 0 Å². The van der Waals surface area contributed by atoms with Gasteiger partial charge in [-0.25, -0.2) is 0 Å².